The van der Waals surface area contributed by atoms with Crippen molar-refractivity contribution >= 4 is 11.9 Å². The Labute approximate surface area is 305 Å². The van der Waals surface area contributed by atoms with E-state index in [0.717, 1.165) is 122 Å². The first-order valence-corrected chi connectivity index (χ1v) is 21.7. The van der Waals surface area contributed by atoms with E-state index in [1.54, 1.807) is 0 Å². The number of unbranched alkanes of at least 4 members (excludes halogenated alkanes) is 19. The summed E-state index contributed by atoms with van der Waals surface area (Å²) in [4.78, 5) is 28.0. The molecule has 49 heavy (non-hydrogen) atoms. The van der Waals surface area contributed by atoms with E-state index in [2.05, 4.69) is 32.6 Å². The maximum absolute atomic E-state index is 12.9. The minimum absolute atomic E-state index is 0.0328. The fourth-order valence-electron chi connectivity index (χ4n) is 6.85. The Kier molecular flexibility index (Phi) is 37.2. The molecule has 2 unspecified atom stereocenters. The number of nitrogens with zero attached hydrogens (tertiary/aromatic N) is 1. The summed E-state index contributed by atoms with van der Waals surface area (Å²) >= 11 is 0. The van der Waals surface area contributed by atoms with Crippen LogP contribution in [0.25, 0.3) is 0 Å². The van der Waals surface area contributed by atoms with Crippen molar-refractivity contribution in [2.24, 2.45) is 11.8 Å². The third kappa shape index (κ3) is 31.3. The van der Waals surface area contributed by atoms with Gasteiger partial charge in [0.2, 0.25) is 0 Å². The molecule has 0 heterocycles. The van der Waals surface area contributed by atoms with Crippen LogP contribution in [-0.2, 0) is 19.1 Å². The molecule has 0 aromatic carbocycles. The van der Waals surface area contributed by atoms with Gasteiger partial charge in [-0.3, -0.25) is 9.59 Å². The van der Waals surface area contributed by atoms with Gasteiger partial charge in [-0.05, 0) is 64.5 Å². The molecule has 0 amide bonds. The van der Waals surface area contributed by atoms with Crippen molar-refractivity contribution in [3.05, 3.63) is 0 Å². The monoisotopic (exact) mass is 696 g/mol. The molecular weight excluding hydrogens is 610 g/mol. The first kappa shape index (κ1) is 47.9. The lowest BCUT2D eigenvalue weighted by atomic mass is 9.94. The zero-order chi connectivity index (χ0) is 36.0. The van der Waals surface area contributed by atoms with Gasteiger partial charge in [0, 0.05) is 6.54 Å². The van der Waals surface area contributed by atoms with Gasteiger partial charge >= 0.3 is 11.9 Å². The highest BCUT2D eigenvalue weighted by Crippen LogP contribution is 2.22. The highest BCUT2D eigenvalue weighted by atomic mass is 16.5. The van der Waals surface area contributed by atoms with Crippen LogP contribution in [0.3, 0.4) is 0 Å². The summed E-state index contributed by atoms with van der Waals surface area (Å²) in [6, 6.07) is 0. The summed E-state index contributed by atoms with van der Waals surface area (Å²) in [7, 11) is 0. The van der Waals surface area contributed by atoms with Gasteiger partial charge in [-0.1, -0.05) is 163 Å². The summed E-state index contributed by atoms with van der Waals surface area (Å²) in [5.41, 5.74) is 0. The maximum atomic E-state index is 12.9. The number of carbonyl (C=O) groups excluding carboxylic acids is 2. The average Bonchev–Trinajstić information content (AvgIpc) is 3.10. The minimum Gasteiger partial charge on any atom is -0.465 e. The summed E-state index contributed by atoms with van der Waals surface area (Å²) < 4.78 is 11.5. The second-order valence-corrected chi connectivity index (χ2v) is 14.9. The summed E-state index contributed by atoms with van der Waals surface area (Å²) in [5.74, 6) is 0.248. The van der Waals surface area contributed by atoms with E-state index in [9.17, 15) is 14.7 Å². The quantitative estimate of drug-likeness (QED) is 0.0509. The van der Waals surface area contributed by atoms with E-state index in [-0.39, 0.29) is 30.4 Å². The second-order valence-electron chi connectivity index (χ2n) is 14.9. The van der Waals surface area contributed by atoms with Gasteiger partial charge in [0.25, 0.3) is 0 Å². The van der Waals surface area contributed by atoms with E-state index in [1.807, 2.05) is 0 Å². The van der Waals surface area contributed by atoms with Crippen LogP contribution in [0, 0.1) is 11.8 Å². The highest BCUT2D eigenvalue weighted by molar-refractivity contribution is 5.72. The van der Waals surface area contributed by atoms with Crippen molar-refractivity contribution in [1.29, 1.82) is 0 Å². The molecule has 0 radical (unpaired) electrons. The van der Waals surface area contributed by atoms with Crippen molar-refractivity contribution in [2.45, 2.75) is 214 Å². The van der Waals surface area contributed by atoms with Crippen molar-refractivity contribution in [3.8, 4) is 0 Å². The summed E-state index contributed by atoms with van der Waals surface area (Å²) in [6.07, 6.45) is 33.2. The Morgan fingerprint density at radius 2 is 0.735 bits per heavy atom. The molecule has 0 saturated heterocycles. The molecule has 6 nitrogen and oxygen atoms in total. The predicted octanol–water partition coefficient (Wildman–Crippen LogP) is 12.0. The molecule has 0 aromatic heterocycles. The molecule has 6 heteroatoms. The van der Waals surface area contributed by atoms with E-state index in [0.29, 0.717) is 13.2 Å². The second kappa shape index (κ2) is 38.1. The number of aliphatic hydroxyl groups excluding tert-OH is 1. The Morgan fingerprint density at radius 1 is 0.429 bits per heavy atom. The number of rotatable bonds is 39. The number of hydrogen-bond donors (Lipinski definition) is 1. The standard InChI is InChI=1S/C43H85NO5/c1-5-9-13-16-17-25-33-41(32-24-15-11-7-3)43(47)49-39-29-21-19-27-35-44(36-37-45)34-26-18-20-28-38-48-42(46)40(30-22-12-8-4)31-23-14-10-6-2/h40-41,45H,5-39H2,1-4H3. The van der Waals surface area contributed by atoms with Gasteiger partial charge < -0.3 is 19.5 Å². The van der Waals surface area contributed by atoms with Crippen LogP contribution >= 0.6 is 0 Å². The van der Waals surface area contributed by atoms with Crippen LogP contribution in [0.4, 0.5) is 0 Å². The van der Waals surface area contributed by atoms with Gasteiger partial charge in [-0.2, -0.15) is 0 Å². The van der Waals surface area contributed by atoms with E-state index in [1.165, 1.54) is 83.5 Å². The molecule has 0 aliphatic rings. The van der Waals surface area contributed by atoms with Gasteiger partial charge in [-0.25, -0.2) is 0 Å². The molecule has 0 aliphatic heterocycles. The van der Waals surface area contributed by atoms with E-state index in [4.69, 9.17) is 9.47 Å². The Balaban J connectivity index is 4.15. The lowest BCUT2D eigenvalue weighted by Gasteiger charge is -2.21. The molecule has 0 fully saturated rings. The lowest BCUT2D eigenvalue weighted by molar-refractivity contribution is -0.150. The lowest BCUT2D eigenvalue weighted by Crippen LogP contribution is -2.29. The molecule has 0 rings (SSSR count). The average molecular weight is 696 g/mol. The number of hydrogen-bond acceptors (Lipinski definition) is 6. The predicted molar refractivity (Wildman–Crippen MR) is 209 cm³/mol. The summed E-state index contributed by atoms with van der Waals surface area (Å²) in [6.45, 7) is 13.0. The zero-order valence-corrected chi connectivity index (χ0v) is 33.4. The van der Waals surface area contributed by atoms with E-state index >= 15 is 0 Å². The molecule has 292 valence electrons. The Hall–Kier alpha value is -1.14. The molecule has 0 spiro atoms. The first-order valence-electron chi connectivity index (χ1n) is 21.7. The van der Waals surface area contributed by atoms with E-state index < -0.39 is 0 Å². The third-order valence-corrected chi connectivity index (χ3v) is 10.2. The molecule has 2 atom stereocenters. The smallest absolute Gasteiger partial charge is 0.308 e. The number of esters is 2. The normalized spacial score (nSPS) is 12.8. The molecular formula is C43H85NO5. The van der Waals surface area contributed by atoms with Crippen molar-refractivity contribution < 1.29 is 24.2 Å². The number of carbonyl (C=O) groups is 2. The summed E-state index contributed by atoms with van der Waals surface area (Å²) in [5, 5.41) is 9.57. The highest BCUT2D eigenvalue weighted by Gasteiger charge is 2.20. The number of ether oxygens (including phenoxy) is 2. The van der Waals surface area contributed by atoms with Crippen molar-refractivity contribution in [1.82, 2.24) is 4.90 Å². The third-order valence-electron chi connectivity index (χ3n) is 10.2. The zero-order valence-electron chi connectivity index (χ0n) is 33.4. The van der Waals surface area contributed by atoms with Crippen LogP contribution < -0.4 is 0 Å². The van der Waals surface area contributed by atoms with Gasteiger partial charge in [0.05, 0.1) is 31.7 Å². The SMILES string of the molecule is CCCCCCCCC(CCCCCC)C(=O)OCCCCCCN(CCO)CCCCCCOC(=O)C(CCCCC)CCCCCC. The maximum Gasteiger partial charge on any atom is 0.308 e. The minimum atomic E-state index is 0.0328. The van der Waals surface area contributed by atoms with Gasteiger partial charge in [-0.15, -0.1) is 0 Å². The van der Waals surface area contributed by atoms with Crippen molar-refractivity contribution in [2.75, 3.05) is 39.5 Å². The molecule has 1 N–H and O–H groups in total. The van der Waals surface area contributed by atoms with Crippen LogP contribution in [0.1, 0.15) is 214 Å². The molecule has 0 saturated carbocycles. The molecule has 0 bridgehead atoms. The number of aliphatic hydroxyl groups is 1. The molecule has 0 aliphatic carbocycles. The fraction of sp³-hybridized carbons (Fsp3) is 0.953. The topological polar surface area (TPSA) is 76.1 Å². The van der Waals surface area contributed by atoms with Crippen molar-refractivity contribution in [3.63, 3.8) is 0 Å². The van der Waals surface area contributed by atoms with Crippen LogP contribution in [0.2, 0.25) is 0 Å². The first-order chi connectivity index (χ1) is 24.0. The van der Waals surface area contributed by atoms with Crippen LogP contribution in [-0.4, -0.2) is 61.4 Å². The molecule has 0 aromatic rings. The van der Waals surface area contributed by atoms with Gasteiger partial charge in [0.15, 0.2) is 0 Å². The van der Waals surface area contributed by atoms with Crippen LogP contribution in [0.15, 0.2) is 0 Å². The van der Waals surface area contributed by atoms with Gasteiger partial charge in [0.1, 0.15) is 0 Å². The Bertz CT molecular complexity index is 702. The largest absolute Gasteiger partial charge is 0.465 e. The fourth-order valence-corrected chi connectivity index (χ4v) is 6.85. The van der Waals surface area contributed by atoms with Crippen LogP contribution in [0.5, 0.6) is 0 Å². The Morgan fingerprint density at radius 3 is 1.14 bits per heavy atom.